The Bertz CT molecular complexity index is 1070. The molecule has 3 rings (SSSR count). The SMILES string of the molecule is CC[S@@](=O)c1ccccc1C(=O)O[C@@H](C)C(=O)Nc1ccccc1-c1ccccc1. The summed E-state index contributed by atoms with van der Waals surface area (Å²) in [7, 11) is -1.31. The van der Waals surface area contributed by atoms with Gasteiger partial charge in [0.1, 0.15) is 0 Å². The Morgan fingerprint density at radius 1 is 0.933 bits per heavy atom. The van der Waals surface area contributed by atoms with Crippen LogP contribution in [-0.2, 0) is 20.3 Å². The highest BCUT2D eigenvalue weighted by Crippen LogP contribution is 2.27. The molecule has 0 aromatic heterocycles. The summed E-state index contributed by atoms with van der Waals surface area (Å²) in [6, 6.07) is 23.7. The van der Waals surface area contributed by atoms with E-state index >= 15 is 0 Å². The Balaban J connectivity index is 1.74. The lowest BCUT2D eigenvalue weighted by atomic mass is 10.0. The second-order valence-electron chi connectivity index (χ2n) is 6.58. The third-order valence-corrected chi connectivity index (χ3v) is 5.91. The molecule has 0 aliphatic carbocycles. The van der Waals surface area contributed by atoms with E-state index in [9.17, 15) is 13.8 Å². The van der Waals surface area contributed by atoms with Crippen molar-refractivity contribution in [2.24, 2.45) is 0 Å². The quantitative estimate of drug-likeness (QED) is 0.563. The predicted octanol–water partition coefficient (Wildman–Crippen LogP) is 4.67. The van der Waals surface area contributed by atoms with Crippen LogP contribution in [0.4, 0.5) is 5.69 Å². The molecular weight excluding hydrogens is 398 g/mol. The Morgan fingerprint density at radius 3 is 2.30 bits per heavy atom. The van der Waals surface area contributed by atoms with E-state index in [1.54, 1.807) is 37.3 Å². The molecule has 2 atom stereocenters. The average Bonchev–Trinajstić information content (AvgIpc) is 2.79. The molecule has 0 saturated heterocycles. The van der Waals surface area contributed by atoms with E-state index in [0.717, 1.165) is 11.1 Å². The zero-order valence-corrected chi connectivity index (χ0v) is 17.6. The number of ether oxygens (including phenoxy) is 1. The summed E-state index contributed by atoms with van der Waals surface area (Å²) in [5.41, 5.74) is 2.67. The molecular formula is C24H23NO4S. The minimum absolute atomic E-state index is 0.210. The van der Waals surface area contributed by atoms with E-state index in [1.165, 1.54) is 6.92 Å². The van der Waals surface area contributed by atoms with Crippen molar-refractivity contribution in [1.82, 2.24) is 0 Å². The number of nitrogens with one attached hydrogen (secondary N) is 1. The number of amides is 1. The van der Waals surface area contributed by atoms with E-state index < -0.39 is 28.8 Å². The highest BCUT2D eigenvalue weighted by molar-refractivity contribution is 7.85. The Hall–Kier alpha value is -3.25. The van der Waals surface area contributed by atoms with Crippen LogP contribution in [0.2, 0.25) is 0 Å². The highest BCUT2D eigenvalue weighted by atomic mass is 32.2. The maximum Gasteiger partial charge on any atom is 0.340 e. The second kappa shape index (κ2) is 9.98. The Morgan fingerprint density at radius 2 is 1.57 bits per heavy atom. The molecule has 0 bridgehead atoms. The van der Waals surface area contributed by atoms with Gasteiger partial charge < -0.3 is 10.1 Å². The van der Waals surface area contributed by atoms with Gasteiger partial charge in [-0.05, 0) is 30.7 Å². The molecule has 0 spiro atoms. The topological polar surface area (TPSA) is 72.5 Å². The normalized spacial score (nSPS) is 12.6. The predicted molar refractivity (Wildman–Crippen MR) is 119 cm³/mol. The summed E-state index contributed by atoms with van der Waals surface area (Å²) < 4.78 is 17.6. The van der Waals surface area contributed by atoms with Gasteiger partial charge in [0.25, 0.3) is 5.91 Å². The molecule has 0 radical (unpaired) electrons. The molecule has 30 heavy (non-hydrogen) atoms. The number of benzene rings is 3. The number of rotatable bonds is 7. The fourth-order valence-electron chi connectivity index (χ4n) is 2.96. The van der Waals surface area contributed by atoms with Crippen LogP contribution in [0.3, 0.4) is 0 Å². The van der Waals surface area contributed by atoms with Crippen LogP contribution in [0.5, 0.6) is 0 Å². The van der Waals surface area contributed by atoms with Crippen molar-refractivity contribution in [3.8, 4) is 11.1 Å². The molecule has 0 saturated carbocycles. The lowest BCUT2D eigenvalue weighted by Crippen LogP contribution is -2.30. The first kappa shape index (κ1) is 21.5. The molecule has 3 aromatic carbocycles. The lowest BCUT2D eigenvalue weighted by Gasteiger charge is -2.16. The number of para-hydroxylation sites is 1. The zero-order valence-electron chi connectivity index (χ0n) is 16.8. The maximum absolute atomic E-state index is 12.7. The molecule has 1 amide bonds. The van der Waals surface area contributed by atoms with Crippen LogP contribution in [0, 0.1) is 0 Å². The third-order valence-electron chi connectivity index (χ3n) is 4.54. The lowest BCUT2D eigenvalue weighted by molar-refractivity contribution is -0.123. The van der Waals surface area contributed by atoms with Gasteiger partial charge in [-0.25, -0.2) is 4.79 Å². The summed E-state index contributed by atoms with van der Waals surface area (Å²) in [5.74, 6) is -0.733. The monoisotopic (exact) mass is 421 g/mol. The van der Waals surface area contributed by atoms with Gasteiger partial charge in [0.05, 0.1) is 21.3 Å². The van der Waals surface area contributed by atoms with Gasteiger partial charge in [-0.15, -0.1) is 0 Å². The molecule has 0 aliphatic heterocycles. The third kappa shape index (κ3) is 5.02. The summed E-state index contributed by atoms with van der Waals surface area (Å²) in [6.45, 7) is 3.29. The smallest absolute Gasteiger partial charge is 0.340 e. The molecule has 5 nitrogen and oxygen atoms in total. The Labute approximate surface area is 178 Å². The number of hydrogen-bond acceptors (Lipinski definition) is 4. The van der Waals surface area contributed by atoms with Crippen molar-refractivity contribution in [2.45, 2.75) is 24.8 Å². The summed E-state index contributed by atoms with van der Waals surface area (Å²) >= 11 is 0. The van der Waals surface area contributed by atoms with Crippen molar-refractivity contribution >= 4 is 28.4 Å². The highest BCUT2D eigenvalue weighted by Gasteiger charge is 2.22. The first-order valence-corrected chi connectivity index (χ1v) is 11.0. The van der Waals surface area contributed by atoms with Crippen molar-refractivity contribution in [2.75, 3.05) is 11.1 Å². The van der Waals surface area contributed by atoms with Crippen LogP contribution < -0.4 is 5.32 Å². The minimum atomic E-state index is -1.31. The number of hydrogen-bond donors (Lipinski definition) is 1. The first-order chi connectivity index (χ1) is 14.5. The maximum atomic E-state index is 12.7. The fourth-order valence-corrected chi connectivity index (χ4v) is 3.90. The zero-order chi connectivity index (χ0) is 21.5. The van der Waals surface area contributed by atoms with Gasteiger partial charge >= 0.3 is 5.97 Å². The molecule has 6 heteroatoms. The molecule has 0 heterocycles. The van der Waals surface area contributed by atoms with Crippen LogP contribution in [0.25, 0.3) is 11.1 Å². The van der Waals surface area contributed by atoms with E-state index in [2.05, 4.69) is 5.32 Å². The van der Waals surface area contributed by atoms with Gasteiger partial charge in [0.2, 0.25) is 0 Å². The molecule has 0 unspecified atom stereocenters. The van der Waals surface area contributed by atoms with E-state index in [0.29, 0.717) is 16.3 Å². The van der Waals surface area contributed by atoms with E-state index in [4.69, 9.17) is 4.74 Å². The molecule has 154 valence electrons. The van der Waals surface area contributed by atoms with Gasteiger partial charge in [0, 0.05) is 17.0 Å². The van der Waals surface area contributed by atoms with E-state index in [-0.39, 0.29) is 5.56 Å². The van der Waals surface area contributed by atoms with Gasteiger partial charge in [-0.2, -0.15) is 0 Å². The fraction of sp³-hybridized carbons (Fsp3) is 0.167. The summed E-state index contributed by atoms with van der Waals surface area (Å²) in [6.07, 6.45) is -1.02. The molecule has 0 aliphatic rings. The molecule has 0 fully saturated rings. The summed E-state index contributed by atoms with van der Waals surface area (Å²) in [4.78, 5) is 25.7. The van der Waals surface area contributed by atoms with Gasteiger partial charge in [0.15, 0.2) is 6.10 Å². The Kier molecular flexibility index (Phi) is 7.14. The first-order valence-electron chi connectivity index (χ1n) is 9.65. The largest absolute Gasteiger partial charge is 0.449 e. The molecule has 3 aromatic rings. The number of anilines is 1. The van der Waals surface area contributed by atoms with Gasteiger partial charge in [-0.1, -0.05) is 67.6 Å². The van der Waals surface area contributed by atoms with Crippen molar-refractivity contribution < 1.29 is 18.5 Å². The van der Waals surface area contributed by atoms with Gasteiger partial charge in [-0.3, -0.25) is 9.00 Å². The second-order valence-corrected chi connectivity index (χ2v) is 8.29. The van der Waals surface area contributed by atoms with Crippen LogP contribution in [0.1, 0.15) is 24.2 Å². The van der Waals surface area contributed by atoms with Crippen molar-refractivity contribution in [3.05, 3.63) is 84.4 Å². The number of esters is 1. The number of carbonyl (C=O) groups excluding carboxylic acids is 2. The number of carbonyl (C=O) groups is 2. The van der Waals surface area contributed by atoms with Crippen LogP contribution in [-0.4, -0.2) is 27.9 Å². The minimum Gasteiger partial charge on any atom is -0.449 e. The van der Waals surface area contributed by atoms with Crippen molar-refractivity contribution in [3.63, 3.8) is 0 Å². The standard InChI is InChI=1S/C24H23NO4S/c1-3-30(28)22-16-10-8-14-20(22)24(27)29-17(2)23(26)25-21-15-9-7-13-19(21)18-11-5-4-6-12-18/h4-17H,3H2,1-2H3,(H,25,26)/t17-,30+/m0/s1. The van der Waals surface area contributed by atoms with Crippen molar-refractivity contribution in [1.29, 1.82) is 0 Å². The van der Waals surface area contributed by atoms with E-state index in [1.807, 2.05) is 48.5 Å². The molecule has 1 N–H and O–H groups in total. The average molecular weight is 422 g/mol. The van der Waals surface area contributed by atoms with Crippen LogP contribution >= 0.6 is 0 Å². The van der Waals surface area contributed by atoms with Crippen LogP contribution in [0.15, 0.2) is 83.8 Å². The summed E-state index contributed by atoms with van der Waals surface area (Å²) in [5, 5.41) is 2.84.